The second-order valence-corrected chi connectivity index (χ2v) is 4.79. The Kier molecular flexibility index (Phi) is 6.29. The van der Waals surface area contributed by atoms with Gasteiger partial charge in [0.15, 0.2) is 4.96 Å². The molecule has 0 atom stereocenters. The van der Waals surface area contributed by atoms with E-state index in [1.807, 2.05) is 28.1 Å². The van der Waals surface area contributed by atoms with Crippen LogP contribution < -0.4 is 11.5 Å². The molecule has 22 heavy (non-hydrogen) atoms. The second kappa shape index (κ2) is 7.74. The van der Waals surface area contributed by atoms with Gasteiger partial charge in [0.2, 0.25) is 5.96 Å². The zero-order valence-corrected chi connectivity index (χ0v) is 13.6. The molecular weight excluding hydrogens is 345 g/mol. The van der Waals surface area contributed by atoms with Gasteiger partial charge in [-0.25, -0.2) is 4.98 Å². The zero-order chi connectivity index (χ0) is 13.9. The molecule has 0 aliphatic carbocycles. The van der Waals surface area contributed by atoms with Gasteiger partial charge >= 0.3 is 0 Å². The molecule has 0 unspecified atom stereocenters. The predicted octanol–water partition coefficient (Wildman–Crippen LogP) is 1.91. The molecule has 3 aromatic heterocycles. The molecule has 0 aliphatic rings. The third kappa shape index (κ3) is 3.53. The van der Waals surface area contributed by atoms with E-state index in [0.29, 0.717) is 0 Å². The quantitative estimate of drug-likeness (QED) is 0.424. The summed E-state index contributed by atoms with van der Waals surface area (Å²) in [6.45, 7) is 0. The summed E-state index contributed by atoms with van der Waals surface area (Å²) in [5.74, 6) is -0.0877. The third-order valence-electron chi connectivity index (χ3n) is 2.59. The molecule has 3 aromatic rings. The van der Waals surface area contributed by atoms with Crippen LogP contribution in [-0.2, 0) is 0 Å². The average molecular weight is 358 g/mol. The lowest BCUT2D eigenvalue weighted by molar-refractivity contribution is 1.18. The Morgan fingerprint density at radius 1 is 1.32 bits per heavy atom. The number of pyridine rings is 1. The first-order chi connectivity index (χ1) is 9.75. The van der Waals surface area contributed by atoms with E-state index in [9.17, 15) is 0 Å². The number of nitrogens with zero attached hydrogens (tertiary/aromatic N) is 5. The van der Waals surface area contributed by atoms with E-state index < -0.39 is 0 Å². The number of imidazole rings is 1. The fourth-order valence-corrected chi connectivity index (χ4v) is 2.51. The number of fused-ring (bicyclic) bond motifs is 1. The molecule has 10 heteroatoms. The molecule has 7 nitrogen and oxygen atoms in total. The molecule has 0 saturated carbocycles. The molecule has 0 saturated heterocycles. The van der Waals surface area contributed by atoms with Crippen molar-refractivity contribution in [3.63, 3.8) is 0 Å². The van der Waals surface area contributed by atoms with Crippen LogP contribution >= 0.6 is 36.2 Å². The number of hydrogen-bond donors (Lipinski definition) is 2. The number of rotatable bonds is 3. The smallest absolute Gasteiger partial charge is 0.211 e. The number of hydrogen-bond acceptors (Lipinski definition) is 5. The van der Waals surface area contributed by atoms with Crippen LogP contribution in [-0.4, -0.2) is 26.5 Å². The molecule has 0 aliphatic heterocycles. The van der Waals surface area contributed by atoms with Crippen LogP contribution in [0.2, 0.25) is 0 Å². The highest BCUT2D eigenvalue weighted by atomic mass is 35.5. The Hall–Kier alpha value is -2.16. The van der Waals surface area contributed by atoms with Gasteiger partial charge in [-0.1, -0.05) is 0 Å². The van der Waals surface area contributed by atoms with Crippen molar-refractivity contribution in [2.45, 2.75) is 0 Å². The Labute approximate surface area is 142 Å². The predicted molar refractivity (Wildman–Crippen MR) is 94.2 cm³/mol. The van der Waals surface area contributed by atoms with Gasteiger partial charge in [-0.3, -0.25) is 9.38 Å². The van der Waals surface area contributed by atoms with Crippen LogP contribution in [0.1, 0.15) is 5.69 Å². The highest BCUT2D eigenvalue weighted by Crippen LogP contribution is 2.24. The van der Waals surface area contributed by atoms with Gasteiger partial charge in [0.1, 0.15) is 5.69 Å². The summed E-state index contributed by atoms with van der Waals surface area (Å²) in [4.78, 5) is 9.56. The van der Waals surface area contributed by atoms with Gasteiger partial charge in [0.25, 0.3) is 0 Å². The minimum absolute atomic E-state index is 0. The third-order valence-corrected chi connectivity index (χ3v) is 3.34. The molecule has 0 spiro atoms. The van der Waals surface area contributed by atoms with E-state index in [1.54, 1.807) is 29.9 Å². The van der Waals surface area contributed by atoms with E-state index in [2.05, 4.69) is 20.2 Å². The van der Waals surface area contributed by atoms with Crippen molar-refractivity contribution < 1.29 is 0 Å². The highest BCUT2D eigenvalue weighted by Gasteiger charge is 2.13. The number of nitrogens with two attached hydrogens (primary N) is 2. The van der Waals surface area contributed by atoms with E-state index in [1.165, 1.54) is 0 Å². The van der Waals surface area contributed by atoms with Gasteiger partial charge in [-0.2, -0.15) is 5.10 Å². The molecule has 0 fully saturated rings. The molecule has 3 heterocycles. The van der Waals surface area contributed by atoms with Crippen LogP contribution in [0.25, 0.3) is 16.2 Å². The van der Waals surface area contributed by atoms with Crippen molar-refractivity contribution in [3.8, 4) is 11.3 Å². The lowest BCUT2D eigenvalue weighted by Gasteiger charge is -1.97. The van der Waals surface area contributed by atoms with E-state index in [-0.39, 0.29) is 30.8 Å². The van der Waals surface area contributed by atoms with E-state index in [4.69, 9.17) is 11.5 Å². The fourth-order valence-electron chi connectivity index (χ4n) is 1.79. The lowest BCUT2D eigenvalue weighted by Crippen LogP contribution is -2.21. The molecule has 116 valence electrons. The monoisotopic (exact) mass is 357 g/mol. The summed E-state index contributed by atoms with van der Waals surface area (Å²) in [5, 5.41) is 9.43. The van der Waals surface area contributed by atoms with Crippen LogP contribution in [0.4, 0.5) is 0 Å². The lowest BCUT2D eigenvalue weighted by atomic mass is 10.2. The van der Waals surface area contributed by atoms with E-state index in [0.717, 1.165) is 21.9 Å². The zero-order valence-electron chi connectivity index (χ0n) is 11.2. The first-order valence-electron chi connectivity index (χ1n) is 5.73. The van der Waals surface area contributed by atoms with Crippen molar-refractivity contribution in [1.29, 1.82) is 0 Å². The SMILES string of the molecule is Cl.Cl.NC(N)=N/N=C/c1c(-c2cccnc2)nc2sccn12. The number of aromatic nitrogens is 3. The van der Waals surface area contributed by atoms with Crippen molar-refractivity contribution >= 4 is 53.3 Å². The summed E-state index contributed by atoms with van der Waals surface area (Å²) in [6.07, 6.45) is 6.97. The summed E-state index contributed by atoms with van der Waals surface area (Å²) in [5.41, 5.74) is 13.0. The second-order valence-electron chi connectivity index (χ2n) is 3.91. The maximum atomic E-state index is 5.26. The van der Waals surface area contributed by atoms with Gasteiger partial charge in [-0.15, -0.1) is 41.3 Å². The minimum Gasteiger partial charge on any atom is -0.369 e. The first-order valence-corrected chi connectivity index (χ1v) is 6.61. The first kappa shape index (κ1) is 17.9. The van der Waals surface area contributed by atoms with Crippen molar-refractivity contribution in [2.75, 3.05) is 0 Å². The van der Waals surface area contributed by atoms with Gasteiger partial charge in [0, 0.05) is 29.5 Å². The largest absolute Gasteiger partial charge is 0.369 e. The molecule has 0 radical (unpaired) electrons. The van der Waals surface area contributed by atoms with Gasteiger partial charge < -0.3 is 11.5 Å². The van der Waals surface area contributed by atoms with Crippen LogP contribution in [0.5, 0.6) is 0 Å². The van der Waals surface area contributed by atoms with Crippen molar-refractivity contribution in [2.24, 2.45) is 21.7 Å². The molecular formula is C12H13Cl2N7S. The molecule has 0 amide bonds. The number of thiazole rings is 1. The Balaban J connectivity index is 0.00000121. The van der Waals surface area contributed by atoms with E-state index >= 15 is 0 Å². The average Bonchev–Trinajstić information content (AvgIpc) is 3.01. The van der Waals surface area contributed by atoms with Gasteiger partial charge in [0.05, 0.1) is 11.9 Å². The van der Waals surface area contributed by atoms with Crippen molar-refractivity contribution in [1.82, 2.24) is 14.4 Å². The molecule has 0 aromatic carbocycles. The minimum atomic E-state index is -0.0877. The standard InChI is InChI=1S/C12H11N7S.2ClH/c13-11(14)18-16-7-9-10(8-2-1-3-15-6-8)17-12-19(9)4-5-20-12;;/h1-7H,(H4,13,14,18);2*1H/b16-7+;;. The topological polar surface area (TPSA) is 107 Å². The van der Waals surface area contributed by atoms with Crippen LogP contribution in [0.15, 0.2) is 46.3 Å². The molecule has 0 bridgehead atoms. The summed E-state index contributed by atoms with van der Waals surface area (Å²) >= 11 is 1.54. The Bertz CT molecular complexity index is 790. The number of guanidine groups is 1. The maximum Gasteiger partial charge on any atom is 0.211 e. The van der Waals surface area contributed by atoms with Gasteiger partial charge in [-0.05, 0) is 12.1 Å². The Morgan fingerprint density at radius 2 is 2.14 bits per heavy atom. The maximum absolute atomic E-state index is 5.26. The van der Waals surface area contributed by atoms with Crippen LogP contribution in [0, 0.1) is 0 Å². The normalized spacial score (nSPS) is 10.2. The molecule has 3 rings (SSSR count). The fraction of sp³-hybridized carbons (Fsp3) is 0. The van der Waals surface area contributed by atoms with Crippen molar-refractivity contribution in [3.05, 3.63) is 41.8 Å². The number of halogens is 2. The summed E-state index contributed by atoms with van der Waals surface area (Å²) in [6, 6.07) is 3.80. The summed E-state index contributed by atoms with van der Waals surface area (Å²) in [7, 11) is 0. The Morgan fingerprint density at radius 3 is 2.82 bits per heavy atom. The molecule has 4 N–H and O–H groups in total. The van der Waals surface area contributed by atoms with Crippen LogP contribution in [0.3, 0.4) is 0 Å². The summed E-state index contributed by atoms with van der Waals surface area (Å²) < 4.78 is 1.93. The highest BCUT2D eigenvalue weighted by molar-refractivity contribution is 7.15.